The van der Waals surface area contributed by atoms with Crippen LogP contribution in [0.15, 0.2) is 48.5 Å². The fourth-order valence-corrected chi connectivity index (χ4v) is 2.54. The second-order valence-electron chi connectivity index (χ2n) is 6.19. The number of halogens is 3. The average Bonchev–Trinajstić information content (AvgIpc) is 2.66. The number of rotatable bonds is 8. The Morgan fingerprint density at radius 1 is 1.00 bits per heavy atom. The zero-order valence-corrected chi connectivity index (χ0v) is 15.4. The molecule has 0 fully saturated rings. The van der Waals surface area contributed by atoms with Crippen LogP contribution < -0.4 is 16.0 Å². The van der Waals surface area contributed by atoms with E-state index in [2.05, 4.69) is 17.6 Å². The summed E-state index contributed by atoms with van der Waals surface area (Å²) in [4.78, 5) is 24.1. The minimum atomic E-state index is -4.50. The number of benzene rings is 2. The van der Waals surface area contributed by atoms with Gasteiger partial charge in [0.1, 0.15) is 6.54 Å². The first-order valence-electron chi connectivity index (χ1n) is 8.85. The molecule has 150 valence electrons. The van der Waals surface area contributed by atoms with Gasteiger partial charge in [-0.1, -0.05) is 37.6 Å². The third kappa shape index (κ3) is 6.94. The van der Waals surface area contributed by atoms with Crippen LogP contribution in [0, 0.1) is 0 Å². The predicted octanol–water partition coefficient (Wildman–Crippen LogP) is 3.98. The van der Waals surface area contributed by atoms with E-state index in [1.54, 1.807) is 18.2 Å². The largest absolute Gasteiger partial charge is 0.405 e. The molecular formula is C20H22F3N3O2. The van der Waals surface area contributed by atoms with Gasteiger partial charge in [-0.05, 0) is 36.2 Å². The number of carbonyl (C=O) groups is 2. The third-order valence-electron chi connectivity index (χ3n) is 3.84. The molecule has 0 saturated carbocycles. The van der Waals surface area contributed by atoms with Crippen LogP contribution in [0.2, 0.25) is 0 Å². The molecule has 0 aliphatic carbocycles. The van der Waals surface area contributed by atoms with E-state index in [1.807, 2.05) is 17.4 Å². The lowest BCUT2D eigenvalue weighted by Crippen LogP contribution is -2.34. The van der Waals surface area contributed by atoms with Gasteiger partial charge >= 0.3 is 6.18 Å². The Bertz CT molecular complexity index is 805. The topological polar surface area (TPSA) is 70.2 Å². The van der Waals surface area contributed by atoms with Gasteiger partial charge in [0, 0.05) is 11.4 Å². The highest BCUT2D eigenvalue weighted by molar-refractivity contribution is 6.00. The zero-order valence-electron chi connectivity index (χ0n) is 15.4. The number of nitrogens with one attached hydrogen (secondary N) is 3. The highest BCUT2D eigenvalue weighted by Crippen LogP contribution is 2.17. The molecule has 0 unspecified atom stereocenters. The molecule has 0 bridgehead atoms. The van der Waals surface area contributed by atoms with E-state index >= 15 is 0 Å². The number of para-hydroxylation sites is 1. The summed E-state index contributed by atoms with van der Waals surface area (Å²) < 4.78 is 36.8. The second-order valence-corrected chi connectivity index (χ2v) is 6.19. The van der Waals surface area contributed by atoms with Crippen molar-refractivity contribution >= 4 is 23.2 Å². The van der Waals surface area contributed by atoms with Gasteiger partial charge < -0.3 is 16.0 Å². The number of amides is 2. The summed E-state index contributed by atoms with van der Waals surface area (Å²) in [6, 6.07) is 13.6. The summed E-state index contributed by atoms with van der Waals surface area (Å²) in [6.07, 6.45) is -2.50. The van der Waals surface area contributed by atoms with Crippen molar-refractivity contribution in [1.82, 2.24) is 5.32 Å². The first-order valence-corrected chi connectivity index (χ1v) is 8.85. The monoisotopic (exact) mass is 393 g/mol. The zero-order chi connectivity index (χ0) is 20.6. The Morgan fingerprint density at radius 3 is 2.32 bits per heavy atom. The van der Waals surface area contributed by atoms with E-state index in [1.165, 1.54) is 23.8 Å². The van der Waals surface area contributed by atoms with Crippen molar-refractivity contribution in [2.45, 2.75) is 25.9 Å². The van der Waals surface area contributed by atoms with Crippen molar-refractivity contribution in [3.05, 3.63) is 59.7 Å². The minimum Gasteiger partial charge on any atom is -0.376 e. The predicted molar refractivity (Wildman–Crippen MR) is 102 cm³/mol. The highest BCUT2D eigenvalue weighted by atomic mass is 19.4. The number of anilines is 2. The van der Waals surface area contributed by atoms with Gasteiger partial charge in [0.25, 0.3) is 5.91 Å². The third-order valence-corrected chi connectivity index (χ3v) is 3.84. The molecule has 2 rings (SSSR count). The summed E-state index contributed by atoms with van der Waals surface area (Å²) in [6.45, 7) is 0.525. The number of hydrogen-bond donors (Lipinski definition) is 3. The van der Waals surface area contributed by atoms with Gasteiger partial charge in [-0.2, -0.15) is 13.2 Å². The van der Waals surface area contributed by atoms with E-state index in [9.17, 15) is 22.8 Å². The molecule has 2 amide bonds. The van der Waals surface area contributed by atoms with Crippen LogP contribution in [0.4, 0.5) is 24.5 Å². The van der Waals surface area contributed by atoms with Crippen LogP contribution in [0.5, 0.6) is 0 Å². The average molecular weight is 393 g/mol. The van der Waals surface area contributed by atoms with Crippen LogP contribution in [0.1, 0.15) is 29.3 Å². The molecule has 0 aliphatic rings. The SMILES string of the molecule is CCCc1ccc(NC(=O)CNc2ccccc2C(=O)NCC(F)(F)F)cc1. The fourth-order valence-electron chi connectivity index (χ4n) is 2.54. The van der Waals surface area contributed by atoms with E-state index in [0.29, 0.717) is 5.69 Å². The van der Waals surface area contributed by atoms with Crippen LogP contribution in [-0.2, 0) is 11.2 Å². The van der Waals surface area contributed by atoms with Crippen LogP contribution in [0.3, 0.4) is 0 Å². The molecule has 0 saturated heterocycles. The van der Waals surface area contributed by atoms with Crippen LogP contribution in [-0.4, -0.2) is 31.1 Å². The van der Waals surface area contributed by atoms with Gasteiger partial charge in [0.2, 0.25) is 5.91 Å². The lowest BCUT2D eigenvalue weighted by atomic mass is 10.1. The van der Waals surface area contributed by atoms with Crippen LogP contribution >= 0.6 is 0 Å². The van der Waals surface area contributed by atoms with Crippen molar-refractivity contribution in [3.8, 4) is 0 Å². The summed E-state index contributed by atoms with van der Waals surface area (Å²) in [5.74, 6) is -1.21. The molecule has 0 radical (unpaired) electrons. The highest BCUT2D eigenvalue weighted by Gasteiger charge is 2.28. The van der Waals surface area contributed by atoms with Crippen molar-refractivity contribution in [1.29, 1.82) is 0 Å². The Balaban J connectivity index is 1.93. The fraction of sp³-hybridized carbons (Fsp3) is 0.300. The maximum atomic E-state index is 12.3. The van der Waals surface area contributed by atoms with Gasteiger partial charge in [-0.25, -0.2) is 0 Å². The molecule has 8 heteroatoms. The molecule has 28 heavy (non-hydrogen) atoms. The number of aryl methyl sites for hydroxylation is 1. The molecule has 0 spiro atoms. The van der Waals surface area contributed by atoms with Crippen molar-refractivity contribution < 1.29 is 22.8 Å². The van der Waals surface area contributed by atoms with E-state index in [4.69, 9.17) is 0 Å². The quantitative estimate of drug-likeness (QED) is 0.635. The Morgan fingerprint density at radius 2 is 1.68 bits per heavy atom. The lowest BCUT2D eigenvalue weighted by molar-refractivity contribution is -0.123. The molecule has 5 nitrogen and oxygen atoms in total. The molecule has 2 aromatic rings. The van der Waals surface area contributed by atoms with Gasteiger partial charge in [-0.15, -0.1) is 0 Å². The number of hydrogen-bond acceptors (Lipinski definition) is 3. The standard InChI is InChI=1S/C20H22F3N3O2/c1-2-5-14-8-10-15(11-9-14)26-18(27)12-24-17-7-4-3-6-16(17)19(28)25-13-20(21,22)23/h3-4,6-11,24H,2,5,12-13H2,1H3,(H,25,28)(H,26,27). The molecule has 0 aliphatic heterocycles. The lowest BCUT2D eigenvalue weighted by Gasteiger charge is -2.13. The first-order chi connectivity index (χ1) is 13.3. The van der Waals surface area contributed by atoms with Crippen molar-refractivity contribution in [2.75, 3.05) is 23.7 Å². The normalized spacial score (nSPS) is 11.0. The van der Waals surface area contributed by atoms with Crippen molar-refractivity contribution in [3.63, 3.8) is 0 Å². The van der Waals surface area contributed by atoms with Crippen molar-refractivity contribution in [2.24, 2.45) is 0 Å². The molecule has 2 aromatic carbocycles. The van der Waals surface area contributed by atoms with Gasteiger partial charge in [0.05, 0.1) is 12.1 Å². The summed E-state index contributed by atoms with van der Waals surface area (Å²) in [5.41, 5.74) is 2.12. The second kappa shape index (κ2) is 9.77. The Labute approximate surface area is 161 Å². The minimum absolute atomic E-state index is 0.0310. The summed E-state index contributed by atoms with van der Waals surface area (Å²) >= 11 is 0. The molecule has 0 atom stereocenters. The summed E-state index contributed by atoms with van der Waals surface area (Å²) in [5, 5.41) is 7.33. The summed E-state index contributed by atoms with van der Waals surface area (Å²) in [7, 11) is 0. The van der Waals surface area contributed by atoms with E-state index in [0.717, 1.165) is 12.8 Å². The van der Waals surface area contributed by atoms with Gasteiger partial charge in [0.15, 0.2) is 0 Å². The maximum Gasteiger partial charge on any atom is 0.405 e. The number of alkyl halides is 3. The molecule has 0 heterocycles. The Hall–Kier alpha value is -3.03. The van der Waals surface area contributed by atoms with E-state index in [-0.39, 0.29) is 23.7 Å². The van der Waals surface area contributed by atoms with Gasteiger partial charge in [-0.3, -0.25) is 9.59 Å². The molecule has 3 N–H and O–H groups in total. The maximum absolute atomic E-state index is 12.3. The Kier molecular flexibility index (Phi) is 7.43. The molecule has 0 aromatic heterocycles. The molecular weight excluding hydrogens is 371 g/mol. The number of carbonyl (C=O) groups excluding carboxylic acids is 2. The first kappa shape index (κ1) is 21.3. The smallest absolute Gasteiger partial charge is 0.376 e. The van der Waals surface area contributed by atoms with E-state index < -0.39 is 18.6 Å². The van der Waals surface area contributed by atoms with Crippen LogP contribution in [0.25, 0.3) is 0 Å².